The molecule has 6 heteroatoms. The van der Waals surface area contributed by atoms with Gasteiger partial charge in [0.2, 0.25) is 0 Å². The van der Waals surface area contributed by atoms with Gasteiger partial charge in [0.05, 0.1) is 5.92 Å². The first kappa shape index (κ1) is 12.5. The van der Waals surface area contributed by atoms with Crippen LogP contribution < -0.4 is 0 Å². The number of hydrogen-bond donors (Lipinski definition) is 0. The number of piperidine rings is 1. The van der Waals surface area contributed by atoms with Crippen molar-refractivity contribution in [1.29, 1.82) is 0 Å². The molecule has 1 amide bonds. The number of hydrogen-bond acceptors (Lipinski definition) is 2. The molecule has 0 radical (unpaired) electrons. The Kier molecular flexibility index (Phi) is 2.60. The molecule has 1 saturated heterocycles. The molecule has 2 fully saturated rings. The van der Waals surface area contributed by atoms with Gasteiger partial charge in [0, 0.05) is 13.1 Å². The Morgan fingerprint density at radius 3 is 2.00 bits per heavy atom. The Hall–Kier alpha value is -0.940. The molecule has 1 aliphatic carbocycles. The van der Waals surface area contributed by atoms with E-state index in [1.165, 1.54) is 4.90 Å². The molecule has 0 aromatic carbocycles. The summed E-state index contributed by atoms with van der Waals surface area (Å²) in [4.78, 5) is 13.0. The minimum absolute atomic E-state index is 0.170. The number of nitrogens with zero attached hydrogens (tertiary/aromatic N) is 1. The van der Waals surface area contributed by atoms with Crippen LogP contribution in [0.5, 0.6) is 0 Å². The summed E-state index contributed by atoms with van der Waals surface area (Å²) in [5, 5.41) is 0. The zero-order valence-corrected chi connectivity index (χ0v) is 10.0. The molecule has 98 valence electrons. The lowest BCUT2D eigenvalue weighted by Crippen LogP contribution is -2.38. The predicted octanol–water partition coefficient (Wildman–Crippen LogP) is 2.66. The van der Waals surface area contributed by atoms with E-state index in [2.05, 4.69) is 0 Å². The second-order valence-corrected chi connectivity index (χ2v) is 5.78. The minimum atomic E-state index is -4.12. The van der Waals surface area contributed by atoms with Crippen molar-refractivity contribution < 1.29 is 22.7 Å². The number of alkyl halides is 3. The van der Waals surface area contributed by atoms with Crippen molar-refractivity contribution in [1.82, 2.24) is 4.90 Å². The zero-order chi connectivity index (χ0) is 13.0. The Bertz CT molecular complexity index is 323. The van der Waals surface area contributed by atoms with Gasteiger partial charge >= 0.3 is 12.3 Å². The van der Waals surface area contributed by atoms with Gasteiger partial charge < -0.3 is 9.64 Å². The summed E-state index contributed by atoms with van der Waals surface area (Å²) in [5.41, 5.74) is -0.604. The van der Waals surface area contributed by atoms with Crippen LogP contribution in [0.3, 0.4) is 0 Å². The fourth-order valence-corrected chi connectivity index (χ4v) is 2.49. The molecule has 0 aromatic heterocycles. The van der Waals surface area contributed by atoms with Gasteiger partial charge in [-0.25, -0.2) is 4.79 Å². The van der Waals surface area contributed by atoms with E-state index in [9.17, 15) is 18.0 Å². The molecule has 0 unspecified atom stereocenters. The summed E-state index contributed by atoms with van der Waals surface area (Å²) in [7, 11) is 0. The highest BCUT2D eigenvalue weighted by molar-refractivity contribution is 5.69. The number of amides is 1. The number of carbonyl (C=O) groups is 1. The smallest absolute Gasteiger partial charge is 0.410 e. The van der Waals surface area contributed by atoms with Crippen LogP contribution in [0.1, 0.15) is 20.8 Å². The van der Waals surface area contributed by atoms with Crippen LogP contribution in [-0.4, -0.2) is 35.9 Å². The van der Waals surface area contributed by atoms with Gasteiger partial charge in [0.15, 0.2) is 0 Å². The first-order chi connectivity index (χ1) is 7.59. The highest BCUT2D eigenvalue weighted by Crippen LogP contribution is 2.59. The third-order valence-corrected chi connectivity index (χ3v) is 3.22. The fraction of sp³-hybridized carbons (Fsp3) is 0.909. The number of rotatable bonds is 0. The molecule has 0 spiro atoms. The lowest BCUT2D eigenvalue weighted by molar-refractivity contribution is -0.156. The van der Waals surface area contributed by atoms with E-state index in [4.69, 9.17) is 4.74 Å². The lowest BCUT2D eigenvalue weighted by atomic mass is 10.2. The maximum atomic E-state index is 12.4. The SMILES string of the molecule is CC(C)(C)OC(=O)N1C[C@@H]2C(C(F)(F)F)[C@H]2C1. The molecule has 0 N–H and O–H groups in total. The van der Waals surface area contributed by atoms with Crippen LogP contribution in [-0.2, 0) is 4.74 Å². The molecule has 2 aliphatic rings. The average molecular weight is 251 g/mol. The molecule has 0 bridgehead atoms. The Labute approximate surface area is 97.9 Å². The van der Waals surface area contributed by atoms with Crippen molar-refractivity contribution in [3.63, 3.8) is 0 Å². The maximum absolute atomic E-state index is 12.4. The molecule has 0 aromatic rings. The minimum Gasteiger partial charge on any atom is -0.444 e. The summed E-state index contributed by atoms with van der Waals surface area (Å²) in [6.45, 7) is 5.55. The van der Waals surface area contributed by atoms with Crippen LogP contribution in [0.25, 0.3) is 0 Å². The van der Waals surface area contributed by atoms with Gasteiger partial charge in [-0.2, -0.15) is 13.2 Å². The molecule has 1 saturated carbocycles. The van der Waals surface area contributed by atoms with Crippen molar-refractivity contribution in [2.45, 2.75) is 32.5 Å². The topological polar surface area (TPSA) is 29.5 Å². The maximum Gasteiger partial charge on any atom is 0.410 e. The van der Waals surface area contributed by atoms with Crippen LogP contribution in [0.4, 0.5) is 18.0 Å². The Morgan fingerprint density at radius 1 is 1.18 bits per heavy atom. The van der Waals surface area contributed by atoms with E-state index in [0.29, 0.717) is 0 Å². The van der Waals surface area contributed by atoms with Gasteiger partial charge in [-0.15, -0.1) is 0 Å². The summed E-state index contributed by atoms with van der Waals surface area (Å²) in [5.74, 6) is -2.04. The summed E-state index contributed by atoms with van der Waals surface area (Å²) >= 11 is 0. The number of ether oxygens (including phenoxy) is 1. The van der Waals surface area contributed by atoms with Gasteiger partial charge in [-0.3, -0.25) is 0 Å². The van der Waals surface area contributed by atoms with E-state index >= 15 is 0 Å². The van der Waals surface area contributed by atoms with Crippen molar-refractivity contribution in [3.05, 3.63) is 0 Å². The Morgan fingerprint density at radius 2 is 1.65 bits per heavy atom. The van der Waals surface area contributed by atoms with Crippen molar-refractivity contribution in [2.75, 3.05) is 13.1 Å². The largest absolute Gasteiger partial charge is 0.444 e. The first-order valence-corrected chi connectivity index (χ1v) is 5.64. The van der Waals surface area contributed by atoms with Crippen LogP contribution >= 0.6 is 0 Å². The highest BCUT2D eigenvalue weighted by Gasteiger charge is 2.68. The summed E-state index contributed by atoms with van der Waals surface area (Å²) in [6, 6.07) is 0. The average Bonchev–Trinajstić information content (AvgIpc) is 2.61. The first-order valence-electron chi connectivity index (χ1n) is 5.64. The zero-order valence-electron chi connectivity index (χ0n) is 10.0. The highest BCUT2D eigenvalue weighted by atomic mass is 19.4. The van der Waals surface area contributed by atoms with E-state index in [-0.39, 0.29) is 13.1 Å². The predicted molar refractivity (Wildman–Crippen MR) is 54.3 cm³/mol. The van der Waals surface area contributed by atoms with Crippen molar-refractivity contribution in [2.24, 2.45) is 17.8 Å². The van der Waals surface area contributed by atoms with E-state index in [1.807, 2.05) is 0 Å². The molecule has 1 aliphatic heterocycles. The number of fused-ring (bicyclic) bond motifs is 1. The van der Waals surface area contributed by atoms with E-state index in [1.54, 1.807) is 20.8 Å². The third kappa shape index (κ3) is 2.50. The second kappa shape index (κ2) is 3.53. The van der Waals surface area contributed by atoms with Crippen LogP contribution in [0.2, 0.25) is 0 Å². The normalized spacial score (nSPS) is 32.4. The fourth-order valence-electron chi connectivity index (χ4n) is 2.49. The van der Waals surface area contributed by atoms with Gasteiger partial charge in [0.25, 0.3) is 0 Å². The van der Waals surface area contributed by atoms with E-state index in [0.717, 1.165) is 0 Å². The monoisotopic (exact) mass is 251 g/mol. The summed E-state index contributed by atoms with van der Waals surface area (Å²) in [6.07, 6.45) is -4.62. The second-order valence-electron chi connectivity index (χ2n) is 5.78. The van der Waals surface area contributed by atoms with Gasteiger partial charge in [-0.05, 0) is 32.6 Å². The standard InChI is InChI=1S/C11H16F3NO2/c1-10(2,3)17-9(16)15-4-6-7(5-15)8(6)11(12,13)14/h6-8H,4-5H2,1-3H3/t6-,7-/m0/s1. The van der Waals surface area contributed by atoms with Crippen molar-refractivity contribution in [3.8, 4) is 0 Å². The lowest BCUT2D eigenvalue weighted by Gasteiger charge is -2.26. The molecule has 3 nitrogen and oxygen atoms in total. The molecular formula is C11H16F3NO2. The third-order valence-electron chi connectivity index (χ3n) is 3.22. The van der Waals surface area contributed by atoms with Crippen molar-refractivity contribution >= 4 is 6.09 Å². The quantitative estimate of drug-likeness (QED) is 0.662. The van der Waals surface area contributed by atoms with Crippen LogP contribution in [0.15, 0.2) is 0 Å². The summed E-state index contributed by atoms with van der Waals surface area (Å²) < 4.78 is 42.4. The van der Waals surface area contributed by atoms with Crippen LogP contribution in [0, 0.1) is 17.8 Å². The van der Waals surface area contributed by atoms with Gasteiger partial charge in [-0.1, -0.05) is 0 Å². The molecule has 2 atom stereocenters. The number of carbonyl (C=O) groups excluding carboxylic acids is 1. The number of halogens is 3. The Balaban J connectivity index is 1.86. The molecule has 2 rings (SSSR count). The van der Waals surface area contributed by atoms with E-state index < -0.39 is 35.6 Å². The number of likely N-dealkylation sites (tertiary alicyclic amines) is 1. The molecule has 1 heterocycles. The molecular weight excluding hydrogens is 235 g/mol. The van der Waals surface area contributed by atoms with Gasteiger partial charge in [0.1, 0.15) is 5.60 Å². The molecule has 17 heavy (non-hydrogen) atoms.